The van der Waals surface area contributed by atoms with Gasteiger partial charge in [-0.3, -0.25) is 0 Å². The van der Waals surface area contributed by atoms with Gasteiger partial charge in [-0.2, -0.15) is 0 Å². The van der Waals surface area contributed by atoms with Gasteiger partial charge in [-0.25, -0.2) is 17.6 Å². The van der Waals surface area contributed by atoms with Crippen LogP contribution >= 0.6 is 26.6 Å². The van der Waals surface area contributed by atoms with Crippen molar-refractivity contribution in [1.82, 2.24) is 0 Å². The predicted molar refractivity (Wildman–Crippen MR) is 72.3 cm³/mol. The summed E-state index contributed by atoms with van der Waals surface area (Å²) in [5.41, 5.74) is -0.478. The monoisotopic (exact) mass is 372 g/mol. The van der Waals surface area contributed by atoms with Crippen molar-refractivity contribution in [2.75, 3.05) is 0 Å². The number of carbonyl (C=O) groups is 1. The summed E-state index contributed by atoms with van der Waals surface area (Å²) in [6.07, 6.45) is 0.157. The quantitative estimate of drug-likeness (QED) is 0.599. The minimum absolute atomic E-state index is 0.212. The number of halogens is 3. The number of rotatable bonds is 4. The van der Waals surface area contributed by atoms with Gasteiger partial charge in [0.15, 0.2) is 5.82 Å². The smallest absolute Gasteiger partial charge is 0.341 e. The first-order chi connectivity index (χ1) is 8.66. The number of ether oxygens (including phenoxy) is 1. The van der Waals surface area contributed by atoms with Crippen LogP contribution in [0, 0.1) is 5.82 Å². The molecule has 0 amide bonds. The van der Waals surface area contributed by atoms with E-state index in [2.05, 4.69) is 15.9 Å². The largest absolute Gasteiger partial charge is 0.459 e. The van der Waals surface area contributed by atoms with Gasteiger partial charge in [0.05, 0.1) is 11.7 Å². The van der Waals surface area contributed by atoms with Crippen molar-refractivity contribution in [3.05, 3.63) is 28.0 Å². The third-order valence-electron chi connectivity index (χ3n) is 2.37. The average Bonchev–Trinajstić information content (AvgIpc) is 2.29. The molecule has 1 aromatic carbocycles. The molecule has 0 saturated carbocycles. The molecule has 0 aliphatic heterocycles. The van der Waals surface area contributed by atoms with Crippen LogP contribution in [-0.2, 0) is 13.8 Å². The second-order valence-electron chi connectivity index (χ2n) is 3.83. The molecular weight excluding hydrogens is 363 g/mol. The molecule has 1 atom stereocenters. The third kappa shape index (κ3) is 4.15. The fraction of sp³-hybridized carbons (Fsp3) is 0.364. The van der Waals surface area contributed by atoms with E-state index in [1.54, 1.807) is 13.8 Å². The van der Waals surface area contributed by atoms with E-state index in [0.717, 1.165) is 12.1 Å². The molecule has 0 fully saturated rings. The van der Waals surface area contributed by atoms with E-state index in [1.807, 2.05) is 0 Å². The highest BCUT2D eigenvalue weighted by atomic mass is 79.9. The molecule has 4 nitrogen and oxygen atoms in total. The van der Waals surface area contributed by atoms with Crippen molar-refractivity contribution in [1.29, 1.82) is 0 Å². The molecule has 0 bridgehead atoms. The Morgan fingerprint density at radius 3 is 2.58 bits per heavy atom. The van der Waals surface area contributed by atoms with Gasteiger partial charge in [0.1, 0.15) is 4.90 Å². The van der Waals surface area contributed by atoms with Crippen molar-refractivity contribution < 1.29 is 22.3 Å². The molecule has 1 rings (SSSR count). The Hall–Kier alpha value is -0.660. The normalized spacial score (nSPS) is 13.1. The van der Waals surface area contributed by atoms with Crippen molar-refractivity contribution in [2.45, 2.75) is 31.3 Å². The minimum atomic E-state index is -4.29. The number of hydrogen-bond acceptors (Lipinski definition) is 4. The van der Waals surface area contributed by atoms with E-state index >= 15 is 0 Å². The van der Waals surface area contributed by atoms with E-state index in [-0.39, 0.29) is 4.47 Å². The lowest BCUT2D eigenvalue weighted by Crippen LogP contribution is -2.16. The molecule has 0 spiro atoms. The number of benzene rings is 1. The van der Waals surface area contributed by atoms with E-state index in [1.165, 1.54) is 0 Å². The maximum Gasteiger partial charge on any atom is 0.341 e. The Morgan fingerprint density at radius 2 is 2.11 bits per heavy atom. The topological polar surface area (TPSA) is 60.4 Å². The first-order valence-corrected chi connectivity index (χ1v) is 8.41. The second kappa shape index (κ2) is 6.19. The second-order valence-corrected chi connectivity index (χ2v) is 7.28. The molecule has 106 valence electrons. The number of carbonyl (C=O) groups excluding carboxylic acids is 1. The van der Waals surface area contributed by atoms with Crippen LogP contribution in [0.1, 0.15) is 30.6 Å². The molecule has 0 heterocycles. The Kier molecular flexibility index (Phi) is 5.34. The molecule has 0 N–H and O–H groups in total. The van der Waals surface area contributed by atoms with Crippen LogP contribution in [0.4, 0.5) is 4.39 Å². The first kappa shape index (κ1) is 16.4. The van der Waals surface area contributed by atoms with Crippen molar-refractivity contribution >= 4 is 41.6 Å². The highest BCUT2D eigenvalue weighted by molar-refractivity contribution is 9.10. The molecule has 0 aliphatic rings. The molecule has 19 heavy (non-hydrogen) atoms. The predicted octanol–water partition coefficient (Wildman–Crippen LogP) is 3.47. The third-order valence-corrected chi connectivity index (χ3v) is 4.15. The standard InChI is InChI=1S/C11H11BrClFO4S/c1-3-6(2)18-11(15)8-4-7(12)5-9(10(8)14)19(13,16)17/h4-6H,3H2,1-2H3. The van der Waals surface area contributed by atoms with Crippen LogP contribution in [0.2, 0.25) is 0 Å². The molecule has 1 aromatic rings. The summed E-state index contributed by atoms with van der Waals surface area (Å²) in [5.74, 6) is -2.15. The molecule has 1 unspecified atom stereocenters. The summed E-state index contributed by atoms with van der Waals surface area (Å²) in [6, 6.07) is 2.13. The number of esters is 1. The summed E-state index contributed by atoms with van der Waals surface area (Å²) in [7, 11) is 0.818. The Labute approximate surface area is 123 Å². The summed E-state index contributed by atoms with van der Waals surface area (Å²) < 4.78 is 41.6. The Balaban J connectivity index is 3.30. The average molecular weight is 374 g/mol. The summed E-state index contributed by atoms with van der Waals surface area (Å²) in [5, 5.41) is 0. The van der Waals surface area contributed by atoms with Crippen molar-refractivity contribution in [3.8, 4) is 0 Å². The van der Waals surface area contributed by atoms with E-state index in [9.17, 15) is 17.6 Å². The lowest BCUT2D eigenvalue weighted by atomic mass is 10.2. The van der Waals surface area contributed by atoms with Crippen LogP contribution in [0.3, 0.4) is 0 Å². The van der Waals surface area contributed by atoms with Gasteiger partial charge < -0.3 is 4.74 Å². The van der Waals surface area contributed by atoms with Crippen molar-refractivity contribution in [2.24, 2.45) is 0 Å². The van der Waals surface area contributed by atoms with Crippen LogP contribution in [0.5, 0.6) is 0 Å². The van der Waals surface area contributed by atoms with Gasteiger partial charge in [-0.05, 0) is 25.5 Å². The molecule has 8 heteroatoms. The molecule has 0 aliphatic carbocycles. The summed E-state index contributed by atoms with van der Waals surface area (Å²) in [4.78, 5) is 11.0. The molecule has 0 aromatic heterocycles. The van der Waals surface area contributed by atoms with Crippen LogP contribution < -0.4 is 0 Å². The maximum absolute atomic E-state index is 14.0. The van der Waals surface area contributed by atoms with Crippen molar-refractivity contribution in [3.63, 3.8) is 0 Å². The van der Waals surface area contributed by atoms with Gasteiger partial charge in [0, 0.05) is 15.2 Å². The molecular formula is C11H11BrClFO4S. The van der Waals surface area contributed by atoms with Crippen LogP contribution in [0.15, 0.2) is 21.5 Å². The van der Waals surface area contributed by atoms with Gasteiger partial charge >= 0.3 is 5.97 Å². The van der Waals surface area contributed by atoms with Crippen LogP contribution in [0.25, 0.3) is 0 Å². The Morgan fingerprint density at radius 1 is 1.53 bits per heavy atom. The number of hydrogen-bond donors (Lipinski definition) is 0. The Bertz CT molecular complexity index is 603. The van der Waals surface area contributed by atoms with E-state index < -0.39 is 37.4 Å². The zero-order chi connectivity index (χ0) is 14.8. The minimum Gasteiger partial charge on any atom is -0.459 e. The summed E-state index contributed by atoms with van der Waals surface area (Å²) in [6.45, 7) is 3.44. The zero-order valence-corrected chi connectivity index (χ0v) is 13.3. The van der Waals surface area contributed by atoms with Gasteiger partial charge in [-0.1, -0.05) is 22.9 Å². The molecule has 0 saturated heterocycles. The molecule has 0 radical (unpaired) electrons. The van der Waals surface area contributed by atoms with Gasteiger partial charge in [0.2, 0.25) is 0 Å². The fourth-order valence-corrected chi connectivity index (χ4v) is 2.76. The highest BCUT2D eigenvalue weighted by Crippen LogP contribution is 2.27. The first-order valence-electron chi connectivity index (χ1n) is 5.31. The maximum atomic E-state index is 14.0. The van der Waals surface area contributed by atoms with Crippen LogP contribution in [-0.4, -0.2) is 20.5 Å². The SMILES string of the molecule is CCC(C)OC(=O)c1cc(Br)cc(S(=O)(=O)Cl)c1F. The van der Waals surface area contributed by atoms with E-state index in [4.69, 9.17) is 15.4 Å². The zero-order valence-electron chi connectivity index (χ0n) is 10.1. The van der Waals surface area contributed by atoms with Gasteiger partial charge in [-0.15, -0.1) is 0 Å². The summed E-state index contributed by atoms with van der Waals surface area (Å²) >= 11 is 2.99. The lowest BCUT2D eigenvalue weighted by molar-refractivity contribution is 0.0328. The van der Waals surface area contributed by atoms with Gasteiger partial charge in [0.25, 0.3) is 9.05 Å². The van der Waals surface area contributed by atoms with E-state index in [0.29, 0.717) is 6.42 Å². The fourth-order valence-electron chi connectivity index (χ4n) is 1.22. The lowest BCUT2D eigenvalue weighted by Gasteiger charge is -2.12. The highest BCUT2D eigenvalue weighted by Gasteiger charge is 2.25.